The van der Waals surface area contributed by atoms with Crippen molar-refractivity contribution in [1.29, 1.82) is 0 Å². The van der Waals surface area contributed by atoms with Crippen LogP contribution in [0, 0.1) is 0 Å². The summed E-state index contributed by atoms with van der Waals surface area (Å²) < 4.78 is 20.7. The fourth-order valence-corrected chi connectivity index (χ4v) is 2.41. The molecule has 0 fully saturated rings. The maximum Gasteiger partial charge on any atom is 0.258 e. The summed E-state index contributed by atoms with van der Waals surface area (Å²) in [5.74, 6) is 2.24. The SMILES string of the molecule is c1cc2c(cc1-c1noc(-c3ccc4nonc4c3)n1)OCO2. The first kappa shape index (κ1) is 12.2. The van der Waals surface area contributed by atoms with Crippen LogP contribution in [0.4, 0.5) is 0 Å². The van der Waals surface area contributed by atoms with Gasteiger partial charge in [0.2, 0.25) is 12.6 Å². The van der Waals surface area contributed by atoms with E-state index in [1.165, 1.54) is 0 Å². The number of rotatable bonds is 2. The van der Waals surface area contributed by atoms with Crippen LogP contribution in [-0.2, 0) is 0 Å². The van der Waals surface area contributed by atoms with Crippen LogP contribution in [0.15, 0.2) is 45.6 Å². The van der Waals surface area contributed by atoms with Gasteiger partial charge < -0.3 is 14.0 Å². The van der Waals surface area contributed by atoms with Gasteiger partial charge >= 0.3 is 0 Å². The Kier molecular flexibility index (Phi) is 2.40. The highest BCUT2D eigenvalue weighted by atomic mass is 16.7. The third kappa shape index (κ3) is 1.92. The molecule has 1 aliphatic heterocycles. The van der Waals surface area contributed by atoms with Crippen molar-refractivity contribution in [2.75, 3.05) is 6.79 Å². The van der Waals surface area contributed by atoms with Crippen LogP contribution in [0.1, 0.15) is 0 Å². The van der Waals surface area contributed by atoms with Crippen molar-refractivity contribution in [2.45, 2.75) is 0 Å². The summed E-state index contributed by atoms with van der Waals surface area (Å²) in [4.78, 5) is 4.41. The first-order chi connectivity index (χ1) is 11.4. The molecule has 0 bridgehead atoms. The van der Waals surface area contributed by atoms with E-state index in [1.54, 1.807) is 12.1 Å². The number of hydrogen-bond donors (Lipinski definition) is 0. The average molecular weight is 308 g/mol. The molecule has 2 aromatic carbocycles. The number of benzene rings is 2. The minimum absolute atomic E-state index is 0.224. The van der Waals surface area contributed by atoms with E-state index in [2.05, 4.69) is 25.1 Å². The molecule has 0 atom stereocenters. The molecule has 0 unspecified atom stereocenters. The molecule has 0 amide bonds. The number of hydrogen-bond acceptors (Lipinski definition) is 8. The van der Waals surface area contributed by atoms with E-state index in [9.17, 15) is 0 Å². The number of aromatic nitrogens is 4. The Morgan fingerprint density at radius 1 is 0.783 bits per heavy atom. The summed E-state index contributed by atoms with van der Waals surface area (Å²) >= 11 is 0. The van der Waals surface area contributed by atoms with Crippen LogP contribution in [0.2, 0.25) is 0 Å². The molecule has 8 heteroatoms. The van der Waals surface area contributed by atoms with Crippen molar-refractivity contribution < 1.29 is 18.6 Å². The molecule has 0 spiro atoms. The third-order valence-corrected chi connectivity index (χ3v) is 3.56. The maximum atomic E-state index is 5.36. The van der Waals surface area contributed by atoms with Gasteiger partial charge in [-0.2, -0.15) is 4.98 Å². The van der Waals surface area contributed by atoms with Gasteiger partial charge in [-0.1, -0.05) is 5.16 Å². The minimum atomic E-state index is 0.224. The van der Waals surface area contributed by atoms with Gasteiger partial charge in [-0.05, 0) is 46.7 Å². The Morgan fingerprint density at radius 3 is 2.65 bits per heavy atom. The molecule has 23 heavy (non-hydrogen) atoms. The van der Waals surface area contributed by atoms with Crippen molar-refractivity contribution in [3.63, 3.8) is 0 Å². The molecule has 2 aromatic heterocycles. The van der Waals surface area contributed by atoms with Gasteiger partial charge in [-0.3, -0.25) is 0 Å². The summed E-state index contributed by atoms with van der Waals surface area (Å²) in [6.07, 6.45) is 0. The second kappa shape index (κ2) is 4.54. The molecule has 8 nitrogen and oxygen atoms in total. The predicted octanol–water partition coefficient (Wildman–Crippen LogP) is 2.67. The Labute approximate surface area is 128 Å². The van der Waals surface area contributed by atoms with Crippen molar-refractivity contribution in [3.8, 4) is 34.3 Å². The van der Waals surface area contributed by atoms with Gasteiger partial charge in [-0.25, -0.2) is 4.63 Å². The van der Waals surface area contributed by atoms with Crippen molar-refractivity contribution in [3.05, 3.63) is 36.4 Å². The largest absolute Gasteiger partial charge is 0.454 e. The summed E-state index contributed by atoms with van der Waals surface area (Å²) in [7, 11) is 0. The molecule has 1 aliphatic rings. The van der Waals surface area contributed by atoms with Crippen LogP contribution < -0.4 is 9.47 Å². The van der Waals surface area contributed by atoms with Crippen LogP contribution in [0.5, 0.6) is 11.5 Å². The number of ether oxygens (including phenoxy) is 2. The molecule has 5 rings (SSSR count). The Balaban J connectivity index is 1.54. The summed E-state index contributed by atoms with van der Waals surface area (Å²) in [5.41, 5.74) is 2.83. The highest BCUT2D eigenvalue weighted by Gasteiger charge is 2.17. The fraction of sp³-hybridized carbons (Fsp3) is 0.0667. The molecular weight excluding hydrogens is 300 g/mol. The molecule has 112 valence electrons. The quantitative estimate of drug-likeness (QED) is 0.557. The van der Waals surface area contributed by atoms with E-state index in [0.717, 1.165) is 11.1 Å². The fourth-order valence-electron chi connectivity index (χ4n) is 2.41. The summed E-state index contributed by atoms with van der Waals surface area (Å²) in [5, 5.41) is 11.6. The summed E-state index contributed by atoms with van der Waals surface area (Å²) in [6.45, 7) is 0.224. The first-order valence-corrected chi connectivity index (χ1v) is 6.83. The zero-order valence-corrected chi connectivity index (χ0v) is 11.6. The normalized spacial score (nSPS) is 12.9. The lowest BCUT2D eigenvalue weighted by atomic mass is 10.2. The van der Waals surface area contributed by atoms with Gasteiger partial charge in [-0.15, -0.1) is 0 Å². The third-order valence-electron chi connectivity index (χ3n) is 3.56. The molecule has 0 aliphatic carbocycles. The highest BCUT2D eigenvalue weighted by Crippen LogP contribution is 2.35. The molecule has 0 radical (unpaired) electrons. The topological polar surface area (TPSA) is 96.3 Å². The number of nitrogens with zero attached hydrogens (tertiary/aromatic N) is 4. The lowest BCUT2D eigenvalue weighted by molar-refractivity contribution is 0.174. The Bertz CT molecular complexity index is 1020. The van der Waals surface area contributed by atoms with Crippen LogP contribution in [-0.4, -0.2) is 27.2 Å². The van der Waals surface area contributed by atoms with Crippen LogP contribution >= 0.6 is 0 Å². The van der Waals surface area contributed by atoms with E-state index >= 15 is 0 Å². The van der Waals surface area contributed by atoms with E-state index in [4.69, 9.17) is 14.0 Å². The standard InChI is InChI=1S/C15H8N4O4/c1-3-10-11(18-23-17-10)5-9(1)15-16-14(19-22-15)8-2-4-12-13(6-8)21-7-20-12/h1-6H,7H2. The molecule has 0 saturated carbocycles. The zero-order chi connectivity index (χ0) is 15.2. The zero-order valence-electron chi connectivity index (χ0n) is 11.6. The second-order valence-electron chi connectivity index (χ2n) is 4.96. The summed E-state index contributed by atoms with van der Waals surface area (Å²) in [6, 6.07) is 10.9. The molecule has 0 saturated heterocycles. The van der Waals surface area contributed by atoms with Crippen LogP contribution in [0.3, 0.4) is 0 Å². The second-order valence-corrected chi connectivity index (χ2v) is 4.96. The van der Waals surface area contributed by atoms with Crippen molar-refractivity contribution in [2.24, 2.45) is 0 Å². The van der Waals surface area contributed by atoms with Crippen LogP contribution in [0.25, 0.3) is 33.9 Å². The smallest absolute Gasteiger partial charge is 0.258 e. The highest BCUT2D eigenvalue weighted by molar-refractivity contribution is 5.78. The molecular formula is C15H8N4O4. The minimum Gasteiger partial charge on any atom is -0.454 e. The van der Waals surface area contributed by atoms with Crippen molar-refractivity contribution >= 4 is 11.0 Å². The van der Waals surface area contributed by atoms with E-state index < -0.39 is 0 Å². The lowest BCUT2D eigenvalue weighted by Crippen LogP contribution is -1.92. The maximum absolute atomic E-state index is 5.36. The monoisotopic (exact) mass is 308 g/mol. The Morgan fingerprint density at radius 2 is 1.65 bits per heavy atom. The van der Waals surface area contributed by atoms with E-state index in [-0.39, 0.29) is 6.79 Å². The van der Waals surface area contributed by atoms with Gasteiger partial charge in [0.15, 0.2) is 11.5 Å². The van der Waals surface area contributed by atoms with E-state index in [1.807, 2.05) is 24.3 Å². The molecule has 0 N–H and O–H groups in total. The predicted molar refractivity (Wildman–Crippen MR) is 76.7 cm³/mol. The van der Waals surface area contributed by atoms with Gasteiger partial charge in [0, 0.05) is 11.1 Å². The average Bonchev–Trinajstić information content (AvgIpc) is 3.32. The Hall–Kier alpha value is -3.42. The lowest BCUT2D eigenvalue weighted by Gasteiger charge is -1.97. The van der Waals surface area contributed by atoms with Gasteiger partial charge in [0.1, 0.15) is 11.0 Å². The van der Waals surface area contributed by atoms with E-state index in [0.29, 0.717) is 34.2 Å². The molecule has 3 heterocycles. The first-order valence-electron chi connectivity index (χ1n) is 6.83. The number of fused-ring (bicyclic) bond motifs is 2. The van der Waals surface area contributed by atoms with Gasteiger partial charge in [0.25, 0.3) is 5.89 Å². The van der Waals surface area contributed by atoms with Gasteiger partial charge in [0.05, 0.1) is 0 Å². The molecule has 4 aromatic rings. The van der Waals surface area contributed by atoms with Crippen molar-refractivity contribution in [1.82, 2.24) is 20.5 Å².